The number of nitrogens with zero attached hydrogens (tertiary/aromatic N) is 1. The standard InChI is InChI=1S/2C24H21.C6H19BNSi2.2ClH.Zr/c2*1-17(2)21-12-6-7-13-22(21)23-14-8-11-19-15-20(16-24(19)23)18-9-4-3-5-10-18;1-9(2,3)8(7)10(4,5)6;;;/h2*3-17H,1-2H3;7H,1-6H3;2*1H;/q;;+1;;;+1/p-2. The van der Waals surface area contributed by atoms with E-state index in [4.69, 9.17) is 0 Å². The Morgan fingerprint density at radius 3 is 1.16 bits per heavy atom. The Morgan fingerprint density at radius 1 is 0.459 bits per heavy atom. The molecule has 0 aliphatic heterocycles. The van der Waals surface area contributed by atoms with E-state index in [1.165, 1.54) is 77.9 Å². The van der Waals surface area contributed by atoms with Crippen LogP contribution in [0.3, 0.4) is 0 Å². The molecule has 0 spiro atoms. The van der Waals surface area contributed by atoms with Crippen molar-refractivity contribution in [3.8, 4) is 22.3 Å². The predicted octanol–water partition coefficient (Wildman–Crippen LogP) is 16.4. The Bertz CT molecular complexity index is 2480. The molecule has 0 heterocycles. The van der Waals surface area contributed by atoms with Crippen molar-refractivity contribution >= 4 is 61.7 Å². The fraction of sp³-hybridized carbons (Fsp3) is 0.259. The predicted molar refractivity (Wildman–Crippen MR) is 273 cm³/mol. The third-order valence-corrected chi connectivity index (χ3v) is 40.2. The average molecular weight is 953 g/mol. The van der Waals surface area contributed by atoms with Crippen LogP contribution in [0.2, 0.25) is 39.3 Å². The van der Waals surface area contributed by atoms with Crippen LogP contribution in [0.1, 0.15) is 91.3 Å². The summed E-state index contributed by atoms with van der Waals surface area (Å²) in [6, 6.07) is 53.9. The van der Waals surface area contributed by atoms with Crippen molar-refractivity contribution in [1.29, 1.82) is 0 Å². The van der Waals surface area contributed by atoms with Crippen LogP contribution in [-0.4, -0.2) is 25.6 Å². The Morgan fingerprint density at radius 2 is 0.803 bits per heavy atom. The maximum atomic E-state index is 9.42. The summed E-state index contributed by atoms with van der Waals surface area (Å²) < 4.78 is 2.55. The van der Waals surface area contributed by atoms with E-state index >= 15 is 0 Å². The summed E-state index contributed by atoms with van der Waals surface area (Å²) in [6.07, 6.45) is 4.98. The molecule has 311 valence electrons. The van der Waals surface area contributed by atoms with Gasteiger partial charge in [-0.2, -0.15) is 0 Å². The van der Waals surface area contributed by atoms with Crippen LogP contribution in [0, 0.1) is 0 Å². The zero-order valence-corrected chi connectivity index (χ0v) is 43.7. The van der Waals surface area contributed by atoms with E-state index in [0.29, 0.717) is 11.8 Å². The summed E-state index contributed by atoms with van der Waals surface area (Å²) in [5.74, 6) is 0.746. The molecule has 0 fully saturated rings. The third-order valence-electron chi connectivity index (χ3n) is 13.3. The first-order valence-electron chi connectivity index (χ1n) is 22.2. The normalized spacial score (nSPS) is 17.2. The molecule has 2 unspecified atom stereocenters. The maximum absolute atomic E-state index is 9.42. The van der Waals surface area contributed by atoms with Gasteiger partial charge in [-0.25, -0.2) is 0 Å². The fourth-order valence-electron chi connectivity index (χ4n) is 10.9. The minimum absolute atomic E-state index is 0.182. The monoisotopic (exact) mass is 950 g/mol. The molecular formula is C54H61BCl2NSi2Zr. The van der Waals surface area contributed by atoms with Crippen LogP contribution >= 0.6 is 17.0 Å². The molecule has 2 atom stereocenters. The van der Waals surface area contributed by atoms with Crippen LogP contribution in [0.5, 0.6) is 0 Å². The summed E-state index contributed by atoms with van der Waals surface area (Å²) in [4.78, 5) is 0.720. The molecule has 0 saturated carbocycles. The second kappa shape index (κ2) is 16.7. The van der Waals surface area contributed by atoms with Gasteiger partial charge in [-0.3, -0.25) is 0 Å². The summed E-state index contributed by atoms with van der Waals surface area (Å²) in [7, 11) is 14.8. The molecule has 2 aliphatic carbocycles. The van der Waals surface area contributed by atoms with E-state index in [9.17, 15) is 17.0 Å². The molecule has 8 rings (SSSR count). The van der Waals surface area contributed by atoms with E-state index in [-0.39, 0.29) is 7.25 Å². The van der Waals surface area contributed by atoms with Crippen LogP contribution < -0.4 is 0 Å². The number of halogens is 2. The molecular weight excluding hydrogens is 892 g/mol. The van der Waals surface area contributed by atoms with Gasteiger partial charge in [0.2, 0.25) is 0 Å². The van der Waals surface area contributed by atoms with Crippen LogP contribution in [0.25, 0.3) is 45.6 Å². The summed E-state index contributed by atoms with van der Waals surface area (Å²) in [5.41, 5.74) is 17.8. The van der Waals surface area contributed by atoms with Crippen molar-refractivity contribution in [1.82, 2.24) is 4.14 Å². The van der Waals surface area contributed by atoms with Crippen molar-refractivity contribution in [2.24, 2.45) is 0 Å². The summed E-state index contributed by atoms with van der Waals surface area (Å²) in [6.45, 7) is 24.2. The van der Waals surface area contributed by atoms with Crippen LogP contribution in [0.4, 0.5) is 0 Å². The summed E-state index contributed by atoms with van der Waals surface area (Å²) in [5, 5.41) is 0. The first-order valence-corrected chi connectivity index (χ1v) is 40.0. The van der Waals surface area contributed by atoms with Gasteiger partial charge in [-0.1, -0.05) is 0 Å². The minimum atomic E-state index is -5.65. The molecule has 0 aromatic heterocycles. The quantitative estimate of drug-likeness (QED) is 0.111. The van der Waals surface area contributed by atoms with Gasteiger partial charge in [0.25, 0.3) is 0 Å². The Hall–Kier alpha value is -3.28. The van der Waals surface area contributed by atoms with Crippen molar-refractivity contribution in [2.75, 3.05) is 0 Å². The van der Waals surface area contributed by atoms with Crippen LogP contribution in [0.15, 0.2) is 146 Å². The SMILES string of the molecule is CC(C)c1ccccc1-c1cccc2c1C=C(c1ccccc1)[CH]2[Zr]([Cl])([Cl])([BH]N([Si](C)(C)C)[Si](C)(C)C)[CH]1C(c2ccccc2)=Cc2c(-c3ccccc3C(C)C)cccc21. The van der Waals surface area contributed by atoms with Crippen molar-refractivity contribution in [3.63, 3.8) is 0 Å². The van der Waals surface area contributed by atoms with Crippen molar-refractivity contribution in [3.05, 3.63) is 190 Å². The van der Waals surface area contributed by atoms with E-state index in [2.05, 4.69) is 229 Å². The molecule has 0 N–H and O–H groups in total. The second-order valence-electron chi connectivity index (χ2n) is 20.2. The first kappa shape index (κ1) is 44.3. The van der Waals surface area contributed by atoms with Gasteiger partial charge in [0.1, 0.15) is 0 Å². The molecule has 1 nitrogen and oxygen atoms in total. The van der Waals surface area contributed by atoms with E-state index in [1.807, 2.05) is 0 Å². The number of rotatable bonds is 12. The number of allylic oxidation sites excluding steroid dienone is 2. The fourth-order valence-corrected chi connectivity index (χ4v) is 52.2. The Kier molecular flexibility index (Phi) is 12.1. The van der Waals surface area contributed by atoms with Gasteiger partial charge < -0.3 is 0 Å². The number of benzene rings is 6. The molecule has 6 aromatic carbocycles. The molecule has 61 heavy (non-hydrogen) atoms. The van der Waals surface area contributed by atoms with Gasteiger partial charge in [0.05, 0.1) is 0 Å². The number of hydrogen-bond acceptors (Lipinski definition) is 1. The van der Waals surface area contributed by atoms with E-state index in [0.717, 1.165) is 4.95 Å². The van der Waals surface area contributed by atoms with Gasteiger partial charge in [-0.05, 0) is 0 Å². The molecule has 6 aromatic rings. The zero-order valence-electron chi connectivity index (χ0n) is 37.7. The summed E-state index contributed by atoms with van der Waals surface area (Å²) >= 11 is -5.65. The molecule has 0 radical (unpaired) electrons. The topological polar surface area (TPSA) is 3.24 Å². The second-order valence-corrected chi connectivity index (χ2v) is 52.3. The molecule has 7 heteroatoms. The molecule has 2 aliphatic rings. The van der Waals surface area contributed by atoms with Crippen LogP contribution in [-0.2, 0) is 16.2 Å². The van der Waals surface area contributed by atoms with E-state index < -0.39 is 32.6 Å². The Labute approximate surface area is 377 Å². The molecule has 0 saturated heterocycles. The van der Waals surface area contributed by atoms with Gasteiger partial charge in [0.15, 0.2) is 0 Å². The number of hydrogen-bond donors (Lipinski definition) is 0. The molecule has 0 amide bonds. The molecule has 0 bridgehead atoms. The third kappa shape index (κ3) is 8.11. The number of fused-ring (bicyclic) bond motifs is 2. The van der Waals surface area contributed by atoms with E-state index in [1.54, 1.807) is 0 Å². The first-order chi connectivity index (χ1) is 28.9. The van der Waals surface area contributed by atoms with Crippen molar-refractivity contribution in [2.45, 2.75) is 86.1 Å². The van der Waals surface area contributed by atoms with Gasteiger partial charge in [-0.15, -0.1) is 0 Å². The van der Waals surface area contributed by atoms with Gasteiger partial charge >= 0.3 is 380 Å². The zero-order chi connectivity index (χ0) is 43.5. The van der Waals surface area contributed by atoms with Crippen molar-refractivity contribution < 1.29 is 16.2 Å². The average Bonchev–Trinajstić information content (AvgIpc) is 3.84. The van der Waals surface area contributed by atoms with Gasteiger partial charge in [0, 0.05) is 0 Å². The Balaban J connectivity index is 1.50.